The van der Waals surface area contributed by atoms with Gasteiger partial charge in [0.25, 0.3) is 5.91 Å². The van der Waals surface area contributed by atoms with Gasteiger partial charge in [0, 0.05) is 11.3 Å². The van der Waals surface area contributed by atoms with Crippen LogP contribution in [-0.2, 0) is 17.5 Å². The Morgan fingerprint density at radius 1 is 1.09 bits per heavy atom. The van der Waals surface area contributed by atoms with E-state index in [1.54, 1.807) is 28.8 Å². The minimum Gasteiger partial charge on any atom is -0.467 e. The highest BCUT2D eigenvalue weighted by Gasteiger charge is 2.31. The number of aromatic nitrogens is 2. The highest BCUT2D eigenvalue weighted by molar-refractivity contribution is 6.05. The van der Waals surface area contributed by atoms with Crippen LogP contribution in [0.4, 0.5) is 29.6 Å². The minimum absolute atomic E-state index is 0.0389. The number of carbonyl (C=O) groups excluding carboxylic acids is 2. The number of nitrogens with one attached hydrogen (secondary N) is 2. The van der Waals surface area contributed by atoms with Gasteiger partial charge >= 0.3 is 12.3 Å². The lowest BCUT2D eigenvalue weighted by atomic mass is 10.2. The van der Waals surface area contributed by atoms with Crippen molar-refractivity contribution in [3.63, 3.8) is 0 Å². The molecule has 0 aliphatic carbocycles. The number of alkyl halides is 3. The van der Waals surface area contributed by atoms with Gasteiger partial charge in [-0.2, -0.15) is 13.2 Å². The van der Waals surface area contributed by atoms with Crippen LogP contribution in [0.2, 0.25) is 0 Å². The number of halogens is 3. The van der Waals surface area contributed by atoms with Crippen molar-refractivity contribution >= 4 is 34.7 Å². The topological polar surface area (TPSA) is 98.4 Å². The number of furan rings is 1. The van der Waals surface area contributed by atoms with Gasteiger partial charge in [-0.3, -0.25) is 15.4 Å². The second-order valence-corrected chi connectivity index (χ2v) is 6.95. The summed E-state index contributed by atoms with van der Waals surface area (Å²) in [5.74, 6) is -0.0124. The summed E-state index contributed by atoms with van der Waals surface area (Å²) in [6.07, 6.45) is -3.77. The monoisotopic (exact) mass is 458 g/mol. The number of hydrogen-bond donors (Lipinski definition) is 2. The van der Waals surface area contributed by atoms with Crippen molar-refractivity contribution in [2.45, 2.75) is 12.7 Å². The van der Waals surface area contributed by atoms with Crippen molar-refractivity contribution < 1.29 is 31.9 Å². The van der Waals surface area contributed by atoms with Crippen molar-refractivity contribution in [2.24, 2.45) is 0 Å². The number of imidazole rings is 1. The molecule has 2 aromatic carbocycles. The highest BCUT2D eigenvalue weighted by atomic mass is 19.4. The minimum atomic E-state index is -4.53. The average Bonchev–Trinajstić information content (AvgIpc) is 3.41. The van der Waals surface area contributed by atoms with Crippen LogP contribution in [0.1, 0.15) is 21.7 Å². The number of methoxy groups -OCH3 is 1. The van der Waals surface area contributed by atoms with Crippen molar-refractivity contribution in [2.75, 3.05) is 17.7 Å². The summed E-state index contributed by atoms with van der Waals surface area (Å²) >= 11 is 0. The largest absolute Gasteiger partial charge is 0.467 e. The van der Waals surface area contributed by atoms with E-state index in [2.05, 4.69) is 20.4 Å². The smallest absolute Gasteiger partial charge is 0.416 e. The van der Waals surface area contributed by atoms with Gasteiger partial charge in [-0.05, 0) is 48.5 Å². The highest BCUT2D eigenvalue weighted by Crippen LogP contribution is 2.32. The number of benzene rings is 2. The van der Waals surface area contributed by atoms with Gasteiger partial charge in [0.1, 0.15) is 5.76 Å². The number of ether oxygens (including phenoxy) is 1. The fourth-order valence-corrected chi connectivity index (χ4v) is 3.20. The summed E-state index contributed by atoms with van der Waals surface area (Å²) < 4.78 is 50.9. The first kappa shape index (κ1) is 21.9. The summed E-state index contributed by atoms with van der Waals surface area (Å²) in [7, 11) is 1.21. The molecule has 0 aliphatic rings. The van der Waals surface area contributed by atoms with E-state index in [4.69, 9.17) is 4.42 Å². The normalized spacial score (nSPS) is 11.4. The fraction of sp³-hybridized carbons (Fsp3) is 0.136. The van der Waals surface area contributed by atoms with E-state index in [9.17, 15) is 22.8 Å². The molecule has 0 aliphatic heterocycles. The number of anilines is 2. The molecule has 8 nitrogen and oxygen atoms in total. The van der Waals surface area contributed by atoms with Crippen LogP contribution in [-0.4, -0.2) is 28.7 Å². The van der Waals surface area contributed by atoms with E-state index in [-0.39, 0.29) is 23.6 Å². The van der Waals surface area contributed by atoms with Crippen LogP contribution in [0.5, 0.6) is 0 Å². The quantitative estimate of drug-likeness (QED) is 0.432. The molecule has 2 N–H and O–H groups in total. The molecule has 4 rings (SSSR count). The first-order valence-electron chi connectivity index (χ1n) is 9.61. The predicted octanol–water partition coefficient (Wildman–Crippen LogP) is 5.13. The molecule has 33 heavy (non-hydrogen) atoms. The summed E-state index contributed by atoms with van der Waals surface area (Å²) in [6.45, 7) is 0.133. The summed E-state index contributed by atoms with van der Waals surface area (Å²) in [4.78, 5) is 28.5. The summed E-state index contributed by atoms with van der Waals surface area (Å²) in [5, 5.41) is 5.08. The van der Waals surface area contributed by atoms with Gasteiger partial charge in [0.2, 0.25) is 5.95 Å². The molecule has 0 spiro atoms. The lowest BCUT2D eigenvalue weighted by Crippen LogP contribution is -2.17. The maximum absolute atomic E-state index is 13.2. The zero-order chi connectivity index (χ0) is 23.6. The molecule has 170 valence electrons. The third-order valence-corrected chi connectivity index (χ3v) is 4.75. The Morgan fingerprint density at radius 2 is 1.91 bits per heavy atom. The molecule has 11 heteroatoms. The van der Waals surface area contributed by atoms with E-state index in [1.165, 1.54) is 31.6 Å². The summed E-state index contributed by atoms with van der Waals surface area (Å²) in [5.41, 5.74) is 0.116. The molecule has 0 saturated carbocycles. The van der Waals surface area contributed by atoms with E-state index in [1.807, 2.05) is 0 Å². The van der Waals surface area contributed by atoms with E-state index in [0.717, 1.165) is 12.1 Å². The van der Waals surface area contributed by atoms with Crippen molar-refractivity contribution in [3.05, 3.63) is 77.7 Å². The Morgan fingerprint density at radius 3 is 2.61 bits per heavy atom. The fourth-order valence-electron chi connectivity index (χ4n) is 3.20. The number of fused-ring (bicyclic) bond motifs is 1. The Hall–Kier alpha value is -4.28. The molecule has 0 unspecified atom stereocenters. The van der Waals surface area contributed by atoms with Gasteiger partial charge in [0.15, 0.2) is 0 Å². The molecule has 4 aromatic rings. The van der Waals surface area contributed by atoms with Gasteiger partial charge in [-0.1, -0.05) is 6.07 Å². The zero-order valence-electron chi connectivity index (χ0n) is 17.1. The molecule has 2 heterocycles. The lowest BCUT2D eigenvalue weighted by Gasteiger charge is -2.10. The maximum atomic E-state index is 13.2. The van der Waals surface area contributed by atoms with Crippen LogP contribution in [0, 0.1) is 0 Å². The van der Waals surface area contributed by atoms with Crippen LogP contribution >= 0.6 is 0 Å². The van der Waals surface area contributed by atoms with E-state index in [0.29, 0.717) is 17.0 Å². The zero-order valence-corrected chi connectivity index (χ0v) is 17.1. The molecule has 0 atom stereocenters. The van der Waals surface area contributed by atoms with E-state index < -0.39 is 23.7 Å². The molecule has 2 amide bonds. The predicted molar refractivity (Wildman–Crippen MR) is 113 cm³/mol. The number of nitrogens with zero attached hydrogens (tertiary/aromatic N) is 2. The van der Waals surface area contributed by atoms with Crippen LogP contribution in [0.3, 0.4) is 0 Å². The second kappa shape index (κ2) is 8.69. The Kier molecular flexibility index (Phi) is 5.78. The van der Waals surface area contributed by atoms with Crippen LogP contribution in [0.25, 0.3) is 11.0 Å². The van der Waals surface area contributed by atoms with Gasteiger partial charge in [0.05, 0.1) is 36.5 Å². The second-order valence-electron chi connectivity index (χ2n) is 6.95. The number of amides is 2. The third-order valence-electron chi connectivity index (χ3n) is 4.75. The van der Waals surface area contributed by atoms with Crippen molar-refractivity contribution in [1.82, 2.24) is 9.55 Å². The molecule has 0 saturated heterocycles. The lowest BCUT2D eigenvalue weighted by molar-refractivity contribution is -0.137. The molecule has 2 aromatic heterocycles. The molecular formula is C22H17F3N4O4. The summed E-state index contributed by atoms with van der Waals surface area (Å²) in [6, 6.07) is 12.6. The van der Waals surface area contributed by atoms with Gasteiger partial charge < -0.3 is 13.7 Å². The number of hydrogen-bond acceptors (Lipinski definition) is 5. The van der Waals surface area contributed by atoms with Crippen LogP contribution in [0.15, 0.2) is 65.3 Å². The molecular weight excluding hydrogens is 441 g/mol. The van der Waals surface area contributed by atoms with Gasteiger partial charge in [-0.15, -0.1) is 0 Å². The Bertz CT molecular complexity index is 1310. The van der Waals surface area contributed by atoms with Crippen molar-refractivity contribution in [3.8, 4) is 0 Å². The number of carbonyl (C=O) groups is 2. The first-order chi connectivity index (χ1) is 15.7. The first-order valence-corrected chi connectivity index (χ1v) is 9.61. The average molecular weight is 458 g/mol. The molecule has 0 bridgehead atoms. The Balaban J connectivity index is 1.69. The maximum Gasteiger partial charge on any atom is 0.416 e. The molecule has 0 radical (unpaired) electrons. The molecule has 0 fully saturated rings. The van der Waals surface area contributed by atoms with Crippen molar-refractivity contribution in [1.29, 1.82) is 0 Å². The van der Waals surface area contributed by atoms with Gasteiger partial charge in [-0.25, -0.2) is 9.78 Å². The standard InChI is InChI=1S/C22H17F3N4O4/c1-32-21(31)26-15-5-2-4-13(10-15)19(30)28-20-27-17-11-14(22(23,24)25)7-8-18(17)29(20)12-16-6-3-9-33-16/h2-11H,12H2,1H3,(H,26,31)(H,27,28,30). The number of rotatable bonds is 5. The van der Waals surface area contributed by atoms with Crippen LogP contribution < -0.4 is 10.6 Å². The SMILES string of the molecule is COC(=O)Nc1cccc(C(=O)Nc2nc3cc(C(F)(F)F)ccc3n2Cc2ccco2)c1. The third kappa shape index (κ3) is 4.81. The Labute approximate surface area is 185 Å². The van der Waals surface area contributed by atoms with E-state index >= 15 is 0 Å².